The van der Waals surface area contributed by atoms with Gasteiger partial charge in [0, 0.05) is 18.6 Å². The molecule has 17 heavy (non-hydrogen) atoms. The maximum Gasteiger partial charge on any atom is 0.326 e. The molecule has 98 valence electrons. The van der Waals surface area contributed by atoms with Gasteiger partial charge in [-0.3, -0.25) is 0 Å². The van der Waals surface area contributed by atoms with Gasteiger partial charge in [-0.2, -0.15) is 0 Å². The summed E-state index contributed by atoms with van der Waals surface area (Å²) in [5.74, 6) is -1.13. The highest BCUT2D eigenvalue weighted by molar-refractivity contribution is 5.82. The summed E-state index contributed by atoms with van der Waals surface area (Å²) in [6.45, 7) is 1.69. The molecule has 0 aromatic heterocycles. The molecule has 6 heteroatoms. The van der Waals surface area contributed by atoms with Crippen LogP contribution in [0.25, 0.3) is 0 Å². The van der Waals surface area contributed by atoms with E-state index in [1.807, 2.05) is 6.92 Å². The van der Waals surface area contributed by atoms with Crippen molar-refractivity contribution in [3.8, 4) is 0 Å². The quantitative estimate of drug-likeness (QED) is 0.564. The molecule has 1 atom stereocenters. The van der Waals surface area contributed by atoms with Gasteiger partial charge in [0.15, 0.2) is 0 Å². The molecule has 1 unspecified atom stereocenters. The Labute approximate surface area is 100 Å². The van der Waals surface area contributed by atoms with E-state index < -0.39 is 18.0 Å². The molecule has 1 fully saturated rings. The van der Waals surface area contributed by atoms with E-state index in [1.54, 1.807) is 0 Å². The maximum absolute atomic E-state index is 11.6. The van der Waals surface area contributed by atoms with E-state index in [2.05, 4.69) is 10.6 Å². The van der Waals surface area contributed by atoms with Crippen LogP contribution in [-0.2, 0) is 4.79 Å². The Kier molecular flexibility index (Phi) is 4.74. The molecule has 1 saturated carbocycles. The van der Waals surface area contributed by atoms with E-state index in [-0.39, 0.29) is 18.6 Å². The van der Waals surface area contributed by atoms with Gasteiger partial charge in [-0.05, 0) is 19.8 Å². The molecule has 1 aliphatic carbocycles. The van der Waals surface area contributed by atoms with Crippen LogP contribution in [0.1, 0.15) is 39.0 Å². The number of carboxylic acids is 1. The number of hydrogen-bond donors (Lipinski definition) is 4. The van der Waals surface area contributed by atoms with Gasteiger partial charge in [-0.15, -0.1) is 0 Å². The molecule has 1 rings (SSSR count). The first-order chi connectivity index (χ1) is 7.97. The number of aliphatic hydroxyl groups is 1. The zero-order valence-electron chi connectivity index (χ0n) is 10.0. The minimum Gasteiger partial charge on any atom is -0.480 e. The lowest BCUT2D eigenvalue weighted by Gasteiger charge is -2.26. The van der Waals surface area contributed by atoms with E-state index in [4.69, 9.17) is 10.2 Å². The van der Waals surface area contributed by atoms with Gasteiger partial charge in [0.25, 0.3) is 0 Å². The number of carbonyl (C=O) groups excluding carboxylic acids is 1. The van der Waals surface area contributed by atoms with Crippen molar-refractivity contribution in [1.82, 2.24) is 10.6 Å². The number of carboxylic acid groups (broad SMARTS) is 1. The largest absolute Gasteiger partial charge is 0.480 e. The zero-order valence-corrected chi connectivity index (χ0v) is 10.0. The first kappa shape index (κ1) is 13.8. The number of amides is 2. The first-order valence-electron chi connectivity index (χ1n) is 5.89. The van der Waals surface area contributed by atoms with Crippen molar-refractivity contribution >= 4 is 12.0 Å². The van der Waals surface area contributed by atoms with Crippen LogP contribution in [0.5, 0.6) is 0 Å². The van der Waals surface area contributed by atoms with E-state index >= 15 is 0 Å². The minimum atomic E-state index is -1.13. The van der Waals surface area contributed by atoms with Gasteiger partial charge >= 0.3 is 12.0 Å². The molecule has 0 aromatic carbocycles. The normalized spacial score (nSPS) is 19.6. The standard InChI is InChI=1S/C11H20N2O4/c1-11(5-2-3-6-11)13-10(17)12-8(4-7-14)9(15)16/h8,14H,2-7H2,1H3,(H,15,16)(H2,12,13,17). The summed E-state index contributed by atoms with van der Waals surface area (Å²) >= 11 is 0. The van der Waals surface area contributed by atoms with Gasteiger partial charge in [-0.1, -0.05) is 12.8 Å². The molecule has 0 aliphatic heterocycles. The third-order valence-corrected chi connectivity index (χ3v) is 3.14. The molecule has 2 amide bonds. The Morgan fingerprint density at radius 1 is 1.35 bits per heavy atom. The van der Waals surface area contributed by atoms with Crippen LogP contribution in [0.2, 0.25) is 0 Å². The topological polar surface area (TPSA) is 98.7 Å². The van der Waals surface area contributed by atoms with Crippen molar-refractivity contribution in [2.75, 3.05) is 6.61 Å². The number of aliphatic hydroxyl groups excluding tert-OH is 1. The average molecular weight is 244 g/mol. The third-order valence-electron chi connectivity index (χ3n) is 3.14. The molecule has 1 aliphatic rings. The highest BCUT2D eigenvalue weighted by Crippen LogP contribution is 2.28. The van der Waals surface area contributed by atoms with Crippen LogP contribution in [0.3, 0.4) is 0 Å². The number of carbonyl (C=O) groups is 2. The molecule has 0 aromatic rings. The van der Waals surface area contributed by atoms with E-state index in [0.717, 1.165) is 25.7 Å². The van der Waals surface area contributed by atoms with Gasteiger partial charge in [0.2, 0.25) is 0 Å². The SMILES string of the molecule is CC1(NC(=O)NC(CCO)C(=O)O)CCCC1. The molecular weight excluding hydrogens is 224 g/mol. The molecular formula is C11H20N2O4. The fourth-order valence-electron chi connectivity index (χ4n) is 2.14. The van der Waals surface area contributed by atoms with Crippen molar-refractivity contribution < 1.29 is 19.8 Å². The summed E-state index contributed by atoms with van der Waals surface area (Å²) in [6, 6.07) is -1.51. The van der Waals surface area contributed by atoms with Gasteiger partial charge < -0.3 is 20.8 Å². The van der Waals surface area contributed by atoms with Crippen LogP contribution in [0.4, 0.5) is 4.79 Å². The monoisotopic (exact) mass is 244 g/mol. The number of nitrogens with one attached hydrogen (secondary N) is 2. The molecule has 0 spiro atoms. The first-order valence-corrected chi connectivity index (χ1v) is 5.89. The van der Waals surface area contributed by atoms with E-state index in [9.17, 15) is 9.59 Å². The molecule has 0 radical (unpaired) electrons. The molecule has 0 bridgehead atoms. The summed E-state index contributed by atoms with van der Waals surface area (Å²) in [7, 11) is 0. The summed E-state index contributed by atoms with van der Waals surface area (Å²) in [6.07, 6.45) is 4.00. The second-order valence-corrected chi connectivity index (χ2v) is 4.77. The Hall–Kier alpha value is -1.30. The Balaban J connectivity index is 2.44. The minimum absolute atomic E-state index is 0.0134. The van der Waals surface area contributed by atoms with Crippen LogP contribution in [-0.4, -0.2) is 40.4 Å². The van der Waals surface area contributed by atoms with E-state index in [0.29, 0.717) is 0 Å². The number of aliphatic carboxylic acids is 1. The van der Waals surface area contributed by atoms with Crippen molar-refractivity contribution in [2.24, 2.45) is 0 Å². The molecule has 0 saturated heterocycles. The predicted octanol–water partition coefficient (Wildman–Crippen LogP) is 0.454. The van der Waals surface area contributed by atoms with Crippen LogP contribution in [0.15, 0.2) is 0 Å². The Morgan fingerprint density at radius 3 is 2.41 bits per heavy atom. The summed E-state index contributed by atoms with van der Waals surface area (Å²) < 4.78 is 0. The number of urea groups is 1. The zero-order chi connectivity index (χ0) is 12.9. The Bertz CT molecular complexity index is 287. The highest BCUT2D eigenvalue weighted by atomic mass is 16.4. The second kappa shape index (κ2) is 5.86. The maximum atomic E-state index is 11.6. The summed E-state index contributed by atoms with van der Waals surface area (Å²) in [5.41, 5.74) is -0.230. The van der Waals surface area contributed by atoms with Crippen LogP contribution >= 0.6 is 0 Å². The summed E-state index contributed by atoms with van der Waals surface area (Å²) in [4.78, 5) is 22.4. The second-order valence-electron chi connectivity index (χ2n) is 4.77. The van der Waals surface area contributed by atoms with Crippen molar-refractivity contribution in [3.05, 3.63) is 0 Å². The molecule has 4 N–H and O–H groups in total. The van der Waals surface area contributed by atoms with Gasteiger partial charge in [0.1, 0.15) is 6.04 Å². The highest BCUT2D eigenvalue weighted by Gasteiger charge is 2.31. The van der Waals surface area contributed by atoms with Gasteiger partial charge in [-0.25, -0.2) is 9.59 Å². The lowest BCUT2D eigenvalue weighted by atomic mass is 10.0. The lowest BCUT2D eigenvalue weighted by molar-refractivity contribution is -0.139. The van der Waals surface area contributed by atoms with E-state index in [1.165, 1.54) is 0 Å². The average Bonchev–Trinajstić information content (AvgIpc) is 2.63. The van der Waals surface area contributed by atoms with Gasteiger partial charge in [0.05, 0.1) is 0 Å². The molecule has 0 heterocycles. The van der Waals surface area contributed by atoms with Crippen molar-refractivity contribution in [2.45, 2.75) is 50.6 Å². The predicted molar refractivity (Wildman–Crippen MR) is 61.7 cm³/mol. The number of rotatable bonds is 5. The number of hydrogen-bond acceptors (Lipinski definition) is 3. The Morgan fingerprint density at radius 2 is 1.94 bits per heavy atom. The van der Waals surface area contributed by atoms with Crippen molar-refractivity contribution in [1.29, 1.82) is 0 Å². The third kappa shape index (κ3) is 4.22. The van der Waals surface area contributed by atoms with Crippen LogP contribution < -0.4 is 10.6 Å². The van der Waals surface area contributed by atoms with Crippen molar-refractivity contribution in [3.63, 3.8) is 0 Å². The fraction of sp³-hybridized carbons (Fsp3) is 0.818. The summed E-state index contributed by atoms with van der Waals surface area (Å²) in [5, 5.41) is 22.7. The molecule has 6 nitrogen and oxygen atoms in total. The fourth-order valence-corrected chi connectivity index (χ4v) is 2.14. The lowest BCUT2D eigenvalue weighted by Crippen LogP contribution is -2.53. The smallest absolute Gasteiger partial charge is 0.326 e. The van der Waals surface area contributed by atoms with Crippen LogP contribution in [0, 0.1) is 0 Å².